The number of carbonyl (C=O) groups is 1. The molecular weight excluding hydrogens is 306 g/mol. The first kappa shape index (κ1) is 17.7. The summed E-state index contributed by atoms with van der Waals surface area (Å²) >= 11 is 0. The highest BCUT2D eigenvalue weighted by Gasteiger charge is 2.12. The lowest BCUT2D eigenvalue weighted by Gasteiger charge is -2.14. The number of hydrogen-bond acceptors (Lipinski definition) is 4. The van der Waals surface area contributed by atoms with Gasteiger partial charge in [-0.1, -0.05) is 18.2 Å². The van der Waals surface area contributed by atoms with Gasteiger partial charge >= 0.3 is 0 Å². The van der Waals surface area contributed by atoms with Crippen molar-refractivity contribution in [2.24, 2.45) is 0 Å². The number of para-hydroxylation sites is 1. The van der Waals surface area contributed by atoms with E-state index < -0.39 is 0 Å². The van der Waals surface area contributed by atoms with Crippen molar-refractivity contribution in [3.63, 3.8) is 0 Å². The van der Waals surface area contributed by atoms with Gasteiger partial charge in [-0.05, 0) is 36.6 Å². The number of anilines is 1. The van der Waals surface area contributed by atoms with Gasteiger partial charge in [-0.2, -0.15) is 0 Å². The van der Waals surface area contributed by atoms with E-state index in [1.165, 1.54) is 0 Å². The fraction of sp³-hybridized carbons (Fsp3) is 0.316. The largest absolute Gasteiger partial charge is 0.496 e. The van der Waals surface area contributed by atoms with Gasteiger partial charge in [0.1, 0.15) is 5.75 Å². The Morgan fingerprint density at radius 2 is 1.58 bits per heavy atom. The second-order valence-corrected chi connectivity index (χ2v) is 5.38. The van der Waals surface area contributed by atoms with Gasteiger partial charge < -0.3 is 19.5 Å². The second-order valence-electron chi connectivity index (χ2n) is 5.38. The minimum atomic E-state index is -0.0590. The molecule has 0 atom stereocenters. The Morgan fingerprint density at radius 1 is 0.958 bits per heavy atom. The number of aryl methyl sites for hydroxylation is 2. The van der Waals surface area contributed by atoms with Gasteiger partial charge in [-0.25, -0.2) is 0 Å². The number of ether oxygens (including phenoxy) is 3. The van der Waals surface area contributed by atoms with E-state index in [2.05, 4.69) is 5.32 Å². The molecule has 0 spiro atoms. The molecule has 24 heavy (non-hydrogen) atoms. The van der Waals surface area contributed by atoms with Crippen LogP contribution >= 0.6 is 0 Å². The zero-order chi connectivity index (χ0) is 17.5. The number of rotatable bonds is 7. The fourth-order valence-electron chi connectivity index (χ4n) is 2.49. The molecule has 1 N–H and O–H groups in total. The van der Waals surface area contributed by atoms with E-state index in [0.717, 1.165) is 22.6 Å². The van der Waals surface area contributed by atoms with E-state index in [9.17, 15) is 4.79 Å². The van der Waals surface area contributed by atoms with Crippen molar-refractivity contribution in [3.05, 3.63) is 47.5 Å². The summed E-state index contributed by atoms with van der Waals surface area (Å²) in [5, 5.41) is 2.93. The maximum Gasteiger partial charge on any atom is 0.224 e. The van der Waals surface area contributed by atoms with Crippen LogP contribution in [0.1, 0.15) is 17.5 Å². The molecule has 0 aliphatic heterocycles. The summed E-state index contributed by atoms with van der Waals surface area (Å²) in [7, 11) is 4.79. The molecule has 5 heteroatoms. The van der Waals surface area contributed by atoms with Crippen LogP contribution in [-0.4, -0.2) is 27.2 Å². The highest BCUT2D eigenvalue weighted by Crippen LogP contribution is 2.33. The van der Waals surface area contributed by atoms with Gasteiger partial charge in [0.15, 0.2) is 11.5 Å². The number of carbonyl (C=O) groups excluding carboxylic acids is 1. The third kappa shape index (κ3) is 4.19. The Bertz CT molecular complexity index is 713. The molecule has 0 aliphatic carbocycles. The Kier molecular flexibility index (Phi) is 6.07. The molecule has 0 aromatic heterocycles. The molecule has 0 heterocycles. The summed E-state index contributed by atoms with van der Waals surface area (Å²) in [4.78, 5) is 12.3. The molecule has 0 bridgehead atoms. The van der Waals surface area contributed by atoms with Crippen LogP contribution in [0.5, 0.6) is 17.2 Å². The number of methoxy groups -OCH3 is 3. The molecule has 0 fully saturated rings. The maximum atomic E-state index is 12.3. The van der Waals surface area contributed by atoms with Gasteiger partial charge in [-0.3, -0.25) is 4.79 Å². The summed E-state index contributed by atoms with van der Waals surface area (Å²) < 4.78 is 15.8. The van der Waals surface area contributed by atoms with Crippen LogP contribution in [0.3, 0.4) is 0 Å². The van der Waals surface area contributed by atoms with Crippen molar-refractivity contribution >= 4 is 11.6 Å². The predicted octanol–water partition coefficient (Wildman–Crippen LogP) is 3.59. The lowest BCUT2D eigenvalue weighted by molar-refractivity contribution is -0.116. The Hall–Kier alpha value is -2.69. The first-order valence-corrected chi connectivity index (χ1v) is 7.73. The van der Waals surface area contributed by atoms with Crippen LogP contribution in [0.15, 0.2) is 36.4 Å². The predicted molar refractivity (Wildman–Crippen MR) is 94.2 cm³/mol. The molecule has 0 saturated carbocycles. The van der Waals surface area contributed by atoms with E-state index in [1.54, 1.807) is 27.4 Å². The van der Waals surface area contributed by atoms with E-state index in [-0.39, 0.29) is 5.91 Å². The first-order chi connectivity index (χ1) is 11.6. The molecule has 2 aromatic carbocycles. The maximum absolute atomic E-state index is 12.3. The van der Waals surface area contributed by atoms with Crippen molar-refractivity contribution in [1.29, 1.82) is 0 Å². The third-order valence-corrected chi connectivity index (χ3v) is 3.82. The highest BCUT2D eigenvalue weighted by atomic mass is 16.5. The van der Waals surface area contributed by atoms with Crippen LogP contribution in [0.2, 0.25) is 0 Å². The average Bonchev–Trinajstić information content (AvgIpc) is 2.61. The minimum absolute atomic E-state index is 0.0590. The number of nitrogens with one attached hydrogen (secondary N) is 1. The van der Waals surface area contributed by atoms with Crippen molar-refractivity contribution in [3.8, 4) is 17.2 Å². The van der Waals surface area contributed by atoms with E-state index >= 15 is 0 Å². The standard InChI is InChI=1S/C19H23NO4/c1-13-11-17(23-3)18(24-4)12-15(13)20-19(21)10-9-14-7-5-6-8-16(14)22-2/h5-8,11-12H,9-10H2,1-4H3,(H,20,21). The van der Waals surface area contributed by atoms with E-state index in [1.807, 2.05) is 37.3 Å². The summed E-state index contributed by atoms with van der Waals surface area (Å²) in [6.45, 7) is 1.91. The van der Waals surface area contributed by atoms with E-state index in [4.69, 9.17) is 14.2 Å². The van der Waals surface area contributed by atoms with Crippen molar-refractivity contribution in [2.45, 2.75) is 19.8 Å². The SMILES string of the molecule is COc1ccccc1CCC(=O)Nc1cc(OC)c(OC)cc1C. The molecule has 128 valence electrons. The third-order valence-electron chi connectivity index (χ3n) is 3.82. The quantitative estimate of drug-likeness (QED) is 0.843. The second kappa shape index (κ2) is 8.24. The van der Waals surface area contributed by atoms with Crippen molar-refractivity contribution < 1.29 is 19.0 Å². The summed E-state index contributed by atoms with van der Waals surface area (Å²) in [5.74, 6) is 1.97. The summed E-state index contributed by atoms with van der Waals surface area (Å²) in [6.07, 6.45) is 0.982. The van der Waals surface area contributed by atoms with Gasteiger partial charge in [0.25, 0.3) is 0 Å². The number of amides is 1. The first-order valence-electron chi connectivity index (χ1n) is 7.73. The summed E-state index contributed by atoms with van der Waals surface area (Å²) in [5.41, 5.74) is 2.65. The molecule has 0 saturated heterocycles. The lowest BCUT2D eigenvalue weighted by atomic mass is 10.1. The number of hydrogen-bond donors (Lipinski definition) is 1. The van der Waals surface area contributed by atoms with Gasteiger partial charge in [0.2, 0.25) is 5.91 Å². The molecule has 0 radical (unpaired) electrons. The van der Waals surface area contributed by atoms with Crippen LogP contribution in [0, 0.1) is 6.92 Å². The Morgan fingerprint density at radius 3 is 2.25 bits per heavy atom. The minimum Gasteiger partial charge on any atom is -0.496 e. The molecule has 0 aliphatic rings. The van der Waals surface area contributed by atoms with Crippen molar-refractivity contribution in [1.82, 2.24) is 0 Å². The molecule has 2 aromatic rings. The molecule has 1 amide bonds. The van der Waals surface area contributed by atoms with Gasteiger partial charge in [-0.15, -0.1) is 0 Å². The van der Waals surface area contributed by atoms with Gasteiger partial charge in [0.05, 0.1) is 21.3 Å². The molecule has 0 unspecified atom stereocenters. The van der Waals surface area contributed by atoms with Gasteiger partial charge in [0, 0.05) is 18.2 Å². The Balaban J connectivity index is 2.04. The average molecular weight is 329 g/mol. The zero-order valence-corrected chi connectivity index (χ0v) is 14.5. The zero-order valence-electron chi connectivity index (χ0n) is 14.5. The van der Waals surface area contributed by atoms with Crippen LogP contribution in [0.4, 0.5) is 5.69 Å². The van der Waals surface area contributed by atoms with E-state index in [0.29, 0.717) is 24.3 Å². The highest BCUT2D eigenvalue weighted by molar-refractivity contribution is 5.92. The monoisotopic (exact) mass is 329 g/mol. The smallest absolute Gasteiger partial charge is 0.224 e. The molecule has 5 nitrogen and oxygen atoms in total. The van der Waals surface area contributed by atoms with Crippen LogP contribution in [0.25, 0.3) is 0 Å². The summed E-state index contributed by atoms with van der Waals surface area (Å²) in [6, 6.07) is 11.3. The Labute approximate surface area is 142 Å². The lowest BCUT2D eigenvalue weighted by Crippen LogP contribution is -2.13. The normalized spacial score (nSPS) is 10.2. The van der Waals surface area contributed by atoms with Crippen LogP contribution in [-0.2, 0) is 11.2 Å². The van der Waals surface area contributed by atoms with Crippen LogP contribution < -0.4 is 19.5 Å². The fourth-order valence-corrected chi connectivity index (χ4v) is 2.49. The molecular formula is C19H23NO4. The van der Waals surface area contributed by atoms with Crippen molar-refractivity contribution in [2.75, 3.05) is 26.6 Å². The molecule has 2 rings (SSSR count). The number of benzene rings is 2. The topological polar surface area (TPSA) is 56.8 Å².